The van der Waals surface area contributed by atoms with E-state index in [2.05, 4.69) is 9.71 Å². The molecule has 4 rings (SSSR count). The molecular weight excluding hydrogens is 424 g/mol. The summed E-state index contributed by atoms with van der Waals surface area (Å²) in [7, 11) is -3.74. The minimum atomic E-state index is -3.74. The van der Waals surface area contributed by atoms with Gasteiger partial charge in [0.05, 0.1) is 10.6 Å². The number of fused-ring (bicyclic) bond motifs is 1. The number of thiophene rings is 1. The molecule has 7 heteroatoms. The molecule has 0 fully saturated rings. The molecule has 0 bridgehead atoms. The van der Waals surface area contributed by atoms with Gasteiger partial charge in [0.15, 0.2) is 0 Å². The van der Waals surface area contributed by atoms with Crippen molar-refractivity contribution < 1.29 is 8.42 Å². The van der Waals surface area contributed by atoms with Crippen LogP contribution in [0.15, 0.2) is 59.5 Å². The van der Waals surface area contributed by atoms with Crippen molar-refractivity contribution in [2.24, 2.45) is 0 Å². The van der Waals surface area contributed by atoms with Crippen LogP contribution in [-0.2, 0) is 10.0 Å². The summed E-state index contributed by atoms with van der Waals surface area (Å²) in [4.78, 5) is 6.71. The smallest absolute Gasteiger partial charge is 0.261 e. The molecule has 2 aromatic carbocycles. The Morgan fingerprint density at radius 1 is 1.00 bits per heavy atom. The van der Waals surface area contributed by atoms with E-state index in [0.29, 0.717) is 10.7 Å². The van der Waals surface area contributed by atoms with Crippen molar-refractivity contribution in [1.29, 1.82) is 0 Å². The Hall–Kier alpha value is -2.41. The fourth-order valence-corrected chi connectivity index (χ4v) is 5.86. The van der Waals surface area contributed by atoms with Crippen molar-refractivity contribution in [3.63, 3.8) is 0 Å². The van der Waals surface area contributed by atoms with E-state index in [1.807, 2.05) is 51.1 Å². The predicted molar refractivity (Wildman–Crippen MR) is 122 cm³/mol. The Morgan fingerprint density at radius 2 is 1.76 bits per heavy atom. The minimum Gasteiger partial charge on any atom is -0.279 e. The number of aryl methyl sites for hydroxylation is 3. The summed E-state index contributed by atoms with van der Waals surface area (Å²) in [6, 6.07) is 16.2. The van der Waals surface area contributed by atoms with Gasteiger partial charge in [0.25, 0.3) is 10.0 Å². The number of rotatable bonds is 4. The molecule has 0 aliphatic rings. The highest BCUT2D eigenvalue weighted by molar-refractivity contribution is 7.92. The second-order valence-electron chi connectivity index (χ2n) is 6.96. The highest BCUT2D eigenvalue weighted by Gasteiger charge is 2.21. The number of nitrogens with zero attached hydrogens (tertiary/aromatic N) is 1. The molecule has 2 heterocycles. The van der Waals surface area contributed by atoms with Crippen molar-refractivity contribution in [3.05, 3.63) is 75.8 Å². The first kappa shape index (κ1) is 19.9. The van der Waals surface area contributed by atoms with E-state index in [-0.39, 0.29) is 4.90 Å². The number of halogens is 1. The summed E-state index contributed by atoms with van der Waals surface area (Å²) in [6.07, 6.45) is 0. The molecule has 148 valence electrons. The predicted octanol–water partition coefficient (Wildman–Crippen LogP) is 6.34. The molecule has 1 N–H and O–H groups in total. The third-order valence-corrected chi connectivity index (χ3v) is 7.22. The van der Waals surface area contributed by atoms with Gasteiger partial charge in [-0.3, -0.25) is 4.72 Å². The SMILES string of the molecule is Cc1cccc(S(=O)(=O)Nc2cc(C)nc3sc(C)c(-c4cccc(Cl)c4)c23)c1. The number of pyridine rings is 1. The van der Waals surface area contributed by atoms with Crippen LogP contribution in [0.4, 0.5) is 5.69 Å². The molecule has 0 atom stereocenters. The maximum Gasteiger partial charge on any atom is 0.261 e. The van der Waals surface area contributed by atoms with Gasteiger partial charge in [-0.15, -0.1) is 11.3 Å². The van der Waals surface area contributed by atoms with Gasteiger partial charge in [-0.05, 0) is 62.2 Å². The molecule has 0 spiro atoms. The summed E-state index contributed by atoms with van der Waals surface area (Å²) in [5, 5.41) is 1.42. The van der Waals surface area contributed by atoms with Crippen molar-refractivity contribution in [1.82, 2.24) is 4.98 Å². The molecule has 4 aromatic rings. The van der Waals surface area contributed by atoms with Gasteiger partial charge in [0.2, 0.25) is 0 Å². The molecule has 0 unspecified atom stereocenters. The van der Waals surface area contributed by atoms with Gasteiger partial charge in [-0.25, -0.2) is 13.4 Å². The Bertz CT molecular complexity index is 1340. The number of aromatic nitrogens is 1. The first-order valence-electron chi connectivity index (χ1n) is 9.01. The van der Waals surface area contributed by atoms with Crippen molar-refractivity contribution in [2.75, 3.05) is 4.72 Å². The van der Waals surface area contributed by atoms with E-state index in [4.69, 9.17) is 11.6 Å². The standard InChI is InChI=1S/C22H19ClN2O2S2/c1-13-6-4-9-18(10-13)29(26,27)25-19-11-14(2)24-22-21(19)20(15(3)28-22)16-7-5-8-17(23)12-16/h4-12H,1-3H3,(H,24,25). The normalized spacial score (nSPS) is 11.7. The lowest BCUT2D eigenvalue weighted by molar-refractivity contribution is 0.601. The summed E-state index contributed by atoms with van der Waals surface area (Å²) >= 11 is 7.75. The molecule has 4 nitrogen and oxygen atoms in total. The van der Waals surface area contributed by atoms with Gasteiger partial charge >= 0.3 is 0 Å². The molecule has 29 heavy (non-hydrogen) atoms. The second-order valence-corrected chi connectivity index (χ2v) is 10.3. The fraction of sp³-hybridized carbons (Fsp3) is 0.136. The summed E-state index contributed by atoms with van der Waals surface area (Å²) in [5.41, 5.74) is 4.03. The third kappa shape index (κ3) is 3.88. The van der Waals surface area contributed by atoms with E-state index in [1.165, 1.54) is 0 Å². The minimum absolute atomic E-state index is 0.233. The van der Waals surface area contributed by atoms with Gasteiger partial charge in [0.1, 0.15) is 4.83 Å². The van der Waals surface area contributed by atoms with Gasteiger partial charge in [-0.1, -0.05) is 35.9 Å². The Kier molecular flexibility index (Phi) is 5.11. The third-order valence-electron chi connectivity index (χ3n) is 4.62. The zero-order chi connectivity index (χ0) is 20.8. The van der Waals surface area contributed by atoms with Crippen LogP contribution in [0.2, 0.25) is 5.02 Å². The monoisotopic (exact) mass is 442 g/mol. The van der Waals surface area contributed by atoms with Gasteiger partial charge < -0.3 is 0 Å². The van der Waals surface area contributed by atoms with Crippen LogP contribution in [0.3, 0.4) is 0 Å². The van der Waals surface area contributed by atoms with E-state index in [9.17, 15) is 8.42 Å². The van der Waals surface area contributed by atoms with E-state index in [1.54, 1.807) is 35.6 Å². The molecule has 2 aromatic heterocycles. The van der Waals surface area contributed by atoms with E-state index in [0.717, 1.165) is 37.5 Å². The summed E-state index contributed by atoms with van der Waals surface area (Å²) in [5.74, 6) is 0. The summed E-state index contributed by atoms with van der Waals surface area (Å²) < 4.78 is 28.9. The highest BCUT2D eigenvalue weighted by Crippen LogP contribution is 2.42. The average molecular weight is 443 g/mol. The van der Waals surface area contributed by atoms with Crippen LogP contribution in [0, 0.1) is 20.8 Å². The van der Waals surface area contributed by atoms with Crippen LogP contribution < -0.4 is 4.72 Å². The van der Waals surface area contributed by atoms with E-state index < -0.39 is 10.0 Å². The molecule has 0 aliphatic carbocycles. The lowest BCUT2D eigenvalue weighted by Gasteiger charge is -2.12. The largest absolute Gasteiger partial charge is 0.279 e. The van der Waals surface area contributed by atoms with Crippen LogP contribution in [-0.4, -0.2) is 13.4 Å². The number of hydrogen-bond acceptors (Lipinski definition) is 4. The number of benzene rings is 2. The summed E-state index contributed by atoms with van der Waals surface area (Å²) in [6.45, 7) is 5.74. The number of anilines is 1. The number of hydrogen-bond donors (Lipinski definition) is 1. The molecule has 0 saturated carbocycles. The van der Waals surface area contributed by atoms with Crippen molar-refractivity contribution in [2.45, 2.75) is 25.7 Å². The Balaban J connectivity index is 1.93. The Labute approximate surface area is 179 Å². The fourth-order valence-electron chi connectivity index (χ4n) is 3.39. The number of nitrogens with one attached hydrogen (secondary N) is 1. The second kappa shape index (κ2) is 7.44. The number of sulfonamides is 1. The average Bonchev–Trinajstić information content (AvgIpc) is 2.97. The van der Waals surface area contributed by atoms with Crippen molar-refractivity contribution in [3.8, 4) is 11.1 Å². The lowest BCUT2D eigenvalue weighted by Crippen LogP contribution is -2.13. The van der Waals surface area contributed by atoms with Crippen LogP contribution in [0.5, 0.6) is 0 Å². The van der Waals surface area contributed by atoms with Crippen LogP contribution >= 0.6 is 22.9 Å². The molecule has 0 radical (unpaired) electrons. The Morgan fingerprint density at radius 3 is 2.48 bits per heavy atom. The maximum absolute atomic E-state index is 13.1. The zero-order valence-corrected chi connectivity index (χ0v) is 18.5. The van der Waals surface area contributed by atoms with Crippen molar-refractivity contribution >= 4 is 48.9 Å². The first-order valence-corrected chi connectivity index (χ1v) is 11.7. The quantitative estimate of drug-likeness (QED) is 0.401. The first-order chi connectivity index (χ1) is 13.7. The van der Waals surface area contributed by atoms with Crippen LogP contribution in [0.1, 0.15) is 16.1 Å². The van der Waals surface area contributed by atoms with Crippen LogP contribution in [0.25, 0.3) is 21.3 Å². The highest BCUT2D eigenvalue weighted by atomic mass is 35.5. The van der Waals surface area contributed by atoms with Gasteiger partial charge in [0, 0.05) is 26.5 Å². The zero-order valence-electron chi connectivity index (χ0n) is 16.2. The van der Waals surface area contributed by atoms with E-state index >= 15 is 0 Å². The topological polar surface area (TPSA) is 59.1 Å². The van der Waals surface area contributed by atoms with Gasteiger partial charge in [-0.2, -0.15) is 0 Å². The molecule has 0 amide bonds. The lowest BCUT2D eigenvalue weighted by atomic mass is 10.0. The molecular formula is C22H19ClN2O2S2. The molecule has 0 saturated heterocycles. The molecule has 0 aliphatic heterocycles. The maximum atomic E-state index is 13.1.